The molecule has 2 saturated heterocycles. The van der Waals surface area contributed by atoms with Gasteiger partial charge in [-0.3, -0.25) is 4.99 Å². The molecular formula is C23H38ClIN4O2. The summed E-state index contributed by atoms with van der Waals surface area (Å²) in [5.74, 6) is 0.996. The minimum atomic E-state index is 0. The van der Waals surface area contributed by atoms with Crippen LogP contribution in [0, 0.1) is 0 Å². The molecule has 0 spiro atoms. The van der Waals surface area contributed by atoms with E-state index in [4.69, 9.17) is 26.1 Å². The molecule has 1 N–H and O–H groups in total. The van der Waals surface area contributed by atoms with Crippen molar-refractivity contribution in [2.45, 2.75) is 50.9 Å². The fourth-order valence-electron chi connectivity index (χ4n) is 4.10. The van der Waals surface area contributed by atoms with Crippen LogP contribution in [0.2, 0.25) is 5.02 Å². The lowest BCUT2D eigenvalue weighted by Gasteiger charge is -2.35. The number of halogens is 2. The zero-order chi connectivity index (χ0) is 21.3. The zero-order valence-corrected chi connectivity index (χ0v) is 22.1. The van der Waals surface area contributed by atoms with Crippen LogP contribution in [-0.2, 0) is 9.47 Å². The van der Waals surface area contributed by atoms with Gasteiger partial charge in [0.2, 0.25) is 0 Å². The highest BCUT2D eigenvalue weighted by Crippen LogP contribution is 2.22. The van der Waals surface area contributed by atoms with Gasteiger partial charge in [-0.1, -0.05) is 23.7 Å². The molecule has 3 rings (SSSR count). The van der Waals surface area contributed by atoms with E-state index in [0.29, 0.717) is 18.8 Å². The number of benzene rings is 1. The third-order valence-electron chi connectivity index (χ3n) is 5.91. The van der Waals surface area contributed by atoms with E-state index in [9.17, 15) is 0 Å². The van der Waals surface area contributed by atoms with Crippen molar-refractivity contribution in [1.29, 1.82) is 0 Å². The molecule has 0 amide bonds. The van der Waals surface area contributed by atoms with Gasteiger partial charge in [0.15, 0.2) is 5.96 Å². The van der Waals surface area contributed by atoms with Crippen molar-refractivity contribution in [3.8, 4) is 0 Å². The molecule has 2 unspecified atom stereocenters. The van der Waals surface area contributed by atoms with Crippen LogP contribution in [0.15, 0.2) is 29.3 Å². The second kappa shape index (κ2) is 13.8. The summed E-state index contributed by atoms with van der Waals surface area (Å²) in [7, 11) is 4.19. The third kappa shape index (κ3) is 8.35. The van der Waals surface area contributed by atoms with E-state index in [0.717, 1.165) is 63.1 Å². The van der Waals surface area contributed by atoms with Gasteiger partial charge in [-0.15, -0.1) is 24.0 Å². The lowest BCUT2D eigenvalue weighted by Crippen LogP contribution is -2.47. The molecule has 6 nitrogen and oxygen atoms in total. The van der Waals surface area contributed by atoms with Crippen LogP contribution in [0.1, 0.15) is 44.2 Å². The van der Waals surface area contributed by atoms with Crippen LogP contribution in [0.3, 0.4) is 0 Å². The number of likely N-dealkylation sites (tertiary alicyclic amines) is 1. The number of hydrogen-bond donors (Lipinski definition) is 1. The lowest BCUT2D eigenvalue weighted by molar-refractivity contribution is -0.0367. The Labute approximate surface area is 209 Å². The Morgan fingerprint density at radius 1 is 1.26 bits per heavy atom. The Kier molecular flexibility index (Phi) is 11.9. The van der Waals surface area contributed by atoms with E-state index in [1.807, 2.05) is 12.1 Å². The molecule has 8 heteroatoms. The molecule has 0 bridgehead atoms. The number of likely N-dealkylation sites (N-methyl/N-ethyl adjacent to an activating group) is 1. The summed E-state index contributed by atoms with van der Waals surface area (Å²) in [4.78, 5) is 9.56. The summed E-state index contributed by atoms with van der Waals surface area (Å²) in [6.45, 7) is 7.25. The van der Waals surface area contributed by atoms with Gasteiger partial charge in [0.05, 0.1) is 31.4 Å². The van der Waals surface area contributed by atoms with Crippen molar-refractivity contribution in [1.82, 2.24) is 15.1 Å². The van der Waals surface area contributed by atoms with Gasteiger partial charge in [0.25, 0.3) is 0 Å². The van der Waals surface area contributed by atoms with Crippen molar-refractivity contribution in [2.24, 2.45) is 4.99 Å². The molecule has 176 valence electrons. The molecule has 2 atom stereocenters. The second-order valence-electron chi connectivity index (χ2n) is 8.38. The number of guanidine groups is 1. The smallest absolute Gasteiger partial charge is 0.193 e. The quantitative estimate of drug-likeness (QED) is 0.292. The van der Waals surface area contributed by atoms with Crippen molar-refractivity contribution in [3.05, 3.63) is 34.9 Å². The van der Waals surface area contributed by atoms with E-state index in [1.54, 1.807) is 0 Å². The minimum absolute atomic E-state index is 0. The van der Waals surface area contributed by atoms with E-state index >= 15 is 0 Å². The Morgan fingerprint density at radius 2 is 1.97 bits per heavy atom. The number of hydrogen-bond acceptors (Lipinski definition) is 4. The van der Waals surface area contributed by atoms with Crippen LogP contribution in [0.4, 0.5) is 0 Å². The fraction of sp³-hybridized carbons (Fsp3) is 0.696. The van der Waals surface area contributed by atoms with Crippen molar-refractivity contribution >= 4 is 41.5 Å². The molecule has 0 saturated carbocycles. The molecule has 1 aromatic rings. The number of piperidine rings is 1. The topological polar surface area (TPSA) is 49.3 Å². The van der Waals surface area contributed by atoms with E-state index in [2.05, 4.69) is 48.3 Å². The van der Waals surface area contributed by atoms with Gasteiger partial charge in [0.1, 0.15) is 0 Å². The Morgan fingerprint density at radius 3 is 2.55 bits per heavy atom. The molecule has 0 aromatic heterocycles. The molecule has 31 heavy (non-hydrogen) atoms. The molecule has 2 aliphatic heterocycles. The number of nitrogens with one attached hydrogen (secondary N) is 1. The van der Waals surface area contributed by atoms with Crippen LogP contribution in [-0.4, -0.2) is 81.5 Å². The van der Waals surface area contributed by atoms with Crippen LogP contribution < -0.4 is 5.32 Å². The molecule has 2 aliphatic rings. The lowest BCUT2D eigenvalue weighted by atomic mass is 10.1. The van der Waals surface area contributed by atoms with Crippen molar-refractivity contribution < 1.29 is 9.47 Å². The Bertz CT molecular complexity index is 660. The predicted molar refractivity (Wildman–Crippen MR) is 139 cm³/mol. The standard InChI is InChI=1S/C23H37ClN4O2.HI/c1-4-25-23(26-16-22(27(2)3)18-7-9-19(24)10-8-18)28-13-11-20(12-14-28)30-17-21-6-5-15-29-21;/h7-10,20-22H,4-6,11-17H2,1-3H3,(H,25,26);1H. The van der Waals surface area contributed by atoms with Gasteiger partial charge in [-0.2, -0.15) is 0 Å². The second-order valence-corrected chi connectivity index (χ2v) is 8.82. The van der Waals surface area contributed by atoms with E-state index in [1.165, 1.54) is 12.0 Å². The highest BCUT2D eigenvalue weighted by molar-refractivity contribution is 14.0. The summed E-state index contributed by atoms with van der Waals surface area (Å²) >= 11 is 6.06. The van der Waals surface area contributed by atoms with Gasteiger partial charge in [0, 0.05) is 31.3 Å². The Balaban J connectivity index is 0.00000341. The number of rotatable bonds is 8. The summed E-state index contributed by atoms with van der Waals surface area (Å²) < 4.78 is 11.8. The van der Waals surface area contributed by atoms with Crippen LogP contribution in [0.25, 0.3) is 0 Å². The molecule has 2 fully saturated rings. The van der Waals surface area contributed by atoms with Gasteiger partial charge < -0.3 is 24.6 Å². The van der Waals surface area contributed by atoms with Crippen LogP contribution in [0.5, 0.6) is 0 Å². The maximum absolute atomic E-state index is 6.12. The first kappa shape index (κ1) is 26.6. The SMILES string of the molecule is CCNC(=NCC(c1ccc(Cl)cc1)N(C)C)N1CCC(OCC2CCCO2)CC1.I. The summed E-state index contributed by atoms with van der Waals surface area (Å²) in [5, 5.41) is 4.24. The first-order valence-corrected chi connectivity index (χ1v) is 11.6. The largest absolute Gasteiger partial charge is 0.376 e. The van der Waals surface area contributed by atoms with Crippen LogP contribution >= 0.6 is 35.6 Å². The number of ether oxygens (including phenoxy) is 2. The average molecular weight is 565 g/mol. The van der Waals surface area contributed by atoms with E-state index < -0.39 is 0 Å². The highest BCUT2D eigenvalue weighted by atomic mass is 127. The zero-order valence-electron chi connectivity index (χ0n) is 19.1. The average Bonchev–Trinajstić information content (AvgIpc) is 3.27. The normalized spacial score (nSPS) is 21.3. The first-order valence-electron chi connectivity index (χ1n) is 11.2. The fourth-order valence-corrected chi connectivity index (χ4v) is 4.23. The van der Waals surface area contributed by atoms with Gasteiger partial charge >= 0.3 is 0 Å². The molecule has 0 aliphatic carbocycles. The van der Waals surface area contributed by atoms with E-state index in [-0.39, 0.29) is 30.0 Å². The maximum Gasteiger partial charge on any atom is 0.193 e. The molecule has 1 aromatic carbocycles. The summed E-state index contributed by atoms with van der Waals surface area (Å²) in [6.07, 6.45) is 5.00. The molecule has 0 radical (unpaired) electrons. The van der Waals surface area contributed by atoms with Gasteiger partial charge in [-0.25, -0.2) is 0 Å². The summed E-state index contributed by atoms with van der Waals surface area (Å²) in [5.41, 5.74) is 1.23. The molecular weight excluding hydrogens is 527 g/mol. The Hall–Kier alpha value is -0.610. The monoisotopic (exact) mass is 564 g/mol. The van der Waals surface area contributed by atoms with Crippen molar-refractivity contribution in [2.75, 3.05) is 53.5 Å². The minimum Gasteiger partial charge on any atom is -0.376 e. The number of aliphatic imine (C=N–C) groups is 1. The summed E-state index contributed by atoms with van der Waals surface area (Å²) in [6, 6.07) is 8.29. The maximum atomic E-state index is 6.12. The van der Waals surface area contributed by atoms with Gasteiger partial charge in [-0.05, 0) is 64.4 Å². The number of nitrogens with zero attached hydrogens (tertiary/aromatic N) is 3. The van der Waals surface area contributed by atoms with Crippen molar-refractivity contribution in [3.63, 3.8) is 0 Å². The predicted octanol–water partition coefficient (Wildman–Crippen LogP) is 4.19. The highest BCUT2D eigenvalue weighted by Gasteiger charge is 2.24. The first-order chi connectivity index (χ1) is 14.6. The third-order valence-corrected chi connectivity index (χ3v) is 6.16. The molecule has 2 heterocycles.